The SMILES string of the molecule is CCNC(C)C(=O)c1cn(CC)c2cc(C)ccc12. The van der Waals surface area contributed by atoms with Gasteiger partial charge in [0.05, 0.1) is 6.04 Å². The molecule has 1 heterocycles. The number of rotatable bonds is 5. The number of hydrogen-bond acceptors (Lipinski definition) is 2. The number of aryl methyl sites for hydroxylation is 2. The van der Waals surface area contributed by atoms with Crippen LogP contribution in [-0.2, 0) is 6.54 Å². The van der Waals surface area contributed by atoms with E-state index in [1.807, 2.05) is 20.0 Å². The van der Waals surface area contributed by atoms with Gasteiger partial charge in [-0.25, -0.2) is 0 Å². The first-order valence-electron chi connectivity index (χ1n) is 6.95. The average molecular weight is 258 g/mol. The molecule has 1 aromatic carbocycles. The summed E-state index contributed by atoms with van der Waals surface area (Å²) < 4.78 is 2.15. The topological polar surface area (TPSA) is 34.0 Å². The number of nitrogens with one attached hydrogen (secondary N) is 1. The molecule has 1 atom stereocenters. The van der Waals surface area contributed by atoms with Gasteiger partial charge in [0.25, 0.3) is 0 Å². The molecule has 1 unspecified atom stereocenters. The highest BCUT2D eigenvalue weighted by molar-refractivity contribution is 6.10. The summed E-state index contributed by atoms with van der Waals surface area (Å²) in [7, 11) is 0. The second-order valence-corrected chi connectivity index (χ2v) is 4.99. The van der Waals surface area contributed by atoms with Gasteiger partial charge < -0.3 is 9.88 Å². The van der Waals surface area contributed by atoms with Crippen molar-refractivity contribution < 1.29 is 4.79 Å². The molecule has 3 nitrogen and oxygen atoms in total. The van der Waals surface area contributed by atoms with E-state index in [1.54, 1.807) is 0 Å². The Morgan fingerprint density at radius 3 is 2.74 bits per heavy atom. The molecule has 1 N–H and O–H groups in total. The summed E-state index contributed by atoms with van der Waals surface area (Å²) >= 11 is 0. The van der Waals surface area contributed by atoms with Crippen LogP contribution in [0.4, 0.5) is 0 Å². The number of carbonyl (C=O) groups excluding carboxylic acids is 1. The zero-order valence-electron chi connectivity index (χ0n) is 12.2. The lowest BCUT2D eigenvalue weighted by atomic mass is 10.0. The van der Waals surface area contributed by atoms with Gasteiger partial charge >= 0.3 is 0 Å². The molecule has 0 amide bonds. The second-order valence-electron chi connectivity index (χ2n) is 4.99. The van der Waals surface area contributed by atoms with E-state index in [4.69, 9.17) is 0 Å². The number of fused-ring (bicyclic) bond motifs is 1. The van der Waals surface area contributed by atoms with Crippen molar-refractivity contribution in [3.8, 4) is 0 Å². The third-order valence-corrected chi connectivity index (χ3v) is 3.55. The molecule has 19 heavy (non-hydrogen) atoms. The van der Waals surface area contributed by atoms with Crippen molar-refractivity contribution in [2.24, 2.45) is 0 Å². The van der Waals surface area contributed by atoms with Gasteiger partial charge in [-0.3, -0.25) is 4.79 Å². The van der Waals surface area contributed by atoms with E-state index in [-0.39, 0.29) is 11.8 Å². The first kappa shape index (κ1) is 13.8. The predicted octanol–water partition coefficient (Wildman–Crippen LogP) is 3.15. The van der Waals surface area contributed by atoms with Gasteiger partial charge in [0, 0.05) is 29.2 Å². The lowest BCUT2D eigenvalue weighted by molar-refractivity contribution is 0.0953. The van der Waals surface area contributed by atoms with Crippen molar-refractivity contribution >= 4 is 16.7 Å². The normalized spacial score (nSPS) is 12.8. The Morgan fingerprint density at radius 1 is 1.37 bits per heavy atom. The van der Waals surface area contributed by atoms with Gasteiger partial charge in [-0.15, -0.1) is 0 Å². The number of likely N-dealkylation sites (N-methyl/N-ethyl adjacent to an activating group) is 1. The van der Waals surface area contributed by atoms with E-state index in [0.29, 0.717) is 0 Å². The van der Waals surface area contributed by atoms with E-state index in [9.17, 15) is 4.79 Å². The molecule has 0 spiro atoms. The maximum atomic E-state index is 12.5. The first-order chi connectivity index (χ1) is 9.08. The lowest BCUT2D eigenvalue weighted by Gasteiger charge is -2.10. The number of nitrogens with zero attached hydrogens (tertiary/aromatic N) is 1. The van der Waals surface area contributed by atoms with Crippen molar-refractivity contribution in [3.05, 3.63) is 35.5 Å². The zero-order chi connectivity index (χ0) is 14.0. The van der Waals surface area contributed by atoms with Crippen molar-refractivity contribution in [1.29, 1.82) is 0 Å². The molecule has 0 radical (unpaired) electrons. The molecule has 0 bridgehead atoms. The Balaban J connectivity index is 2.52. The molecule has 2 aromatic rings. The third-order valence-electron chi connectivity index (χ3n) is 3.55. The smallest absolute Gasteiger partial charge is 0.181 e. The number of aromatic nitrogens is 1. The Bertz CT molecular complexity index is 598. The molecule has 0 saturated carbocycles. The van der Waals surface area contributed by atoms with Crippen LogP contribution in [0.2, 0.25) is 0 Å². The van der Waals surface area contributed by atoms with Gasteiger partial charge in [0.1, 0.15) is 0 Å². The molecule has 2 rings (SSSR count). The van der Waals surface area contributed by atoms with Crippen LogP contribution in [0.25, 0.3) is 10.9 Å². The van der Waals surface area contributed by atoms with E-state index in [1.165, 1.54) is 5.56 Å². The van der Waals surface area contributed by atoms with E-state index in [2.05, 4.69) is 41.9 Å². The summed E-state index contributed by atoms with van der Waals surface area (Å²) in [5.41, 5.74) is 3.19. The molecule has 0 aliphatic heterocycles. The van der Waals surface area contributed by atoms with Crippen LogP contribution in [0.1, 0.15) is 36.7 Å². The van der Waals surface area contributed by atoms with Crippen LogP contribution in [-0.4, -0.2) is 22.9 Å². The molecule has 0 aliphatic rings. The molecule has 0 fully saturated rings. The van der Waals surface area contributed by atoms with Crippen molar-refractivity contribution in [2.45, 2.75) is 40.3 Å². The minimum atomic E-state index is -0.137. The van der Waals surface area contributed by atoms with Crippen molar-refractivity contribution in [1.82, 2.24) is 9.88 Å². The fraction of sp³-hybridized carbons (Fsp3) is 0.438. The number of benzene rings is 1. The molecule has 0 aliphatic carbocycles. The molecule has 0 saturated heterocycles. The second kappa shape index (κ2) is 5.57. The average Bonchev–Trinajstić information content (AvgIpc) is 2.76. The quantitative estimate of drug-likeness (QED) is 0.836. The maximum Gasteiger partial charge on any atom is 0.181 e. The minimum Gasteiger partial charge on any atom is -0.347 e. The number of ketones is 1. The summed E-state index contributed by atoms with van der Waals surface area (Å²) in [6.45, 7) is 9.80. The summed E-state index contributed by atoms with van der Waals surface area (Å²) in [6, 6.07) is 6.13. The van der Waals surface area contributed by atoms with Gasteiger partial charge in [0.2, 0.25) is 0 Å². The van der Waals surface area contributed by atoms with Crippen molar-refractivity contribution in [3.63, 3.8) is 0 Å². The predicted molar refractivity (Wildman–Crippen MR) is 79.8 cm³/mol. The fourth-order valence-corrected chi connectivity index (χ4v) is 2.49. The van der Waals surface area contributed by atoms with Gasteiger partial charge in [-0.1, -0.05) is 19.1 Å². The van der Waals surface area contributed by atoms with Crippen LogP contribution in [0.15, 0.2) is 24.4 Å². The van der Waals surface area contributed by atoms with Crippen LogP contribution in [0.5, 0.6) is 0 Å². The molecular formula is C16H22N2O. The molecule has 3 heteroatoms. The number of hydrogen-bond donors (Lipinski definition) is 1. The molecule has 1 aromatic heterocycles. The maximum absolute atomic E-state index is 12.5. The van der Waals surface area contributed by atoms with Crippen LogP contribution in [0.3, 0.4) is 0 Å². The Kier molecular flexibility index (Phi) is 4.05. The van der Waals surface area contributed by atoms with Crippen molar-refractivity contribution in [2.75, 3.05) is 6.54 Å². The highest BCUT2D eigenvalue weighted by atomic mass is 16.1. The highest BCUT2D eigenvalue weighted by Gasteiger charge is 2.19. The van der Waals surface area contributed by atoms with E-state index >= 15 is 0 Å². The van der Waals surface area contributed by atoms with Crippen LogP contribution >= 0.6 is 0 Å². The Labute approximate surface area is 114 Å². The molecular weight excluding hydrogens is 236 g/mol. The summed E-state index contributed by atoms with van der Waals surface area (Å²) in [4.78, 5) is 12.5. The molecule has 102 valence electrons. The van der Waals surface area contributed by atoms with Gasteiger partial charge in [-0.2, -0.15) is 0 Å². The first-order valence-corrected chi connectivity index (χ1v) is 6.95. The van der Waals surface area contributed by atoms with Crippen LogP contribution in [0, 0.1) is 6.92 Å². The largest absolute Gasteiger partial charge is 0.347 e. The van der Waals surface area contributed by atoms with Crippen LogP contribution < -0.4 is 5.32 Å². The minimum absolute atomic E-state index is 0.137. The van der Waals surface area contributed by atoms with E-state index in [0.717, 1.165) is 29.6 Å². The fourth-order valence-electron chi connectivity index (χ4n) is 2.49. The summed E-state index contributed by atoms with van der Waals surface area (Å²) in [5, 5.41) is 4.25. The highest BCUT2D eigenvalue weighted by Crippen LogP contribution is 2.24. The lowest BCUT2D eigenvalue weighted by Crippen LogP contribution is -2.33. The van der Waals surface area contributed by atoms with Gasteiger partial charge in [-0.05, 0) is 38.9 Å². The number of Topliss-reactive ketones (excluding diaryl/α,β-unsaturated/α-hetero) is 1. The third kappa shape index (κ3) is 2.56. The van der Waals surface area contributed by atoms with E-state index < -0.39 is 0 Å². The summed E-state index contributed by atoms with van der Waals surface area (Å²) in [6.07, 6.45) is 1.99. The summed E-state index contributed by atoms with van der Waals surface area (Å²) in [5.74, 6) is 0.169. The monoisotopic (exact) mass is 258 g/mol. The van der Waals surface area contributed by atoms with Gasteiger partial charge in [0.15, 0.2) is 5.78 Å². The Hall–Kier alpha value is -1.61. The Morgan fingerprint density at radius 2 is 2.11 bits per heavy atom. The number of carbonyl (C=O) groups is 1. The zero-order valence-corrected chi connectivity index (χ0v) is 12.2. The standard InChI is InChI=1S/C16H22N2O/c1-5-17-12(4)16(19)14-10-18(6-2)15-9-11(3)7-8-13(14)15/h7-10,12,17H,5-6H2,1-4H3.